The number of ether oxygens (including phenoxy) is 2. The van der Waals surface area contributed by atoms with E-state index in [-0.39, 0.29) is 6.61 Å². The summed E-state index contributed by atoms with van der Waals surface area (Å²) in [5.41, 5.74) is 1.87. The fraction of sp³-hybridized carbons (Fsp3) is 0.368. The summed E-state index contributed by atoms with van der Waals surface area (Å²) >= 11 is 0. The number of carbonyl (C=O) groups is 1. The van der Waals surface area contributed by atoms with Crippen LogP contribution in [0.15, 0.2) is 48.2 Å². The molecule has 1 aliphatic heterocycles. The maximum Gasteiger partial charge on any atom is 0.338 e. The van der Waals surface area contributed by atoms with E-state index in [4.69, 9.17) is 9.47 Å². The van der Waals surface area contributed by atoms with Gasteiger partial charge in [-0.15, -0.1) is 0 Å². The Kier molecular flexibility index (Phi) is 5.85. The summed E-state index contributed by atoms with van der Waals surface area (Å²) in [5, 5.41) is 14.9. The molecule has 1 aromatic carbocycles. The van der Waals surface area contributed by atoms with Crippen LogP contribution >= 0.6 is 0 Å². The van der Waals surface area contributed by atoms with Crippen molar-refractivity contribution in [3.05, 3.63) is 53.8 Å². The summed E-state index contributed by atoms with van der Waals surface area (Å²) in [7, 11) is 0. The van der Waals surface area contributed by atoms with E-state index in [9.17, 15) is 4.79 Å². The molecule has 0 aliphatic carbocycles. The minimum atomic E-state index is -0.550. The lowest BCUT2D eigenvalue weighted by molar-refractivity contribution is -0.138. The molecule has 1 unspecified atom stereocenters. The van der Waals surface area contributed by atoms with Crippen LogP contribution in [0.4, 0.5) is 5.95 Å². The first-order valence-electron chi connectivity index (χ1n) is 8.92. The van der Waals surface area contributed by atoms with Gasteiger partial charge in [-0.25, -0.2) is 4.79 Å². The smallest absolute Gasteiger partial charge is 0.338 e. The third-order valence-corrected chi connectivity index (χ3v) is 4.24. The number of allylic oxidation sites excluding steroid dienone is 1. The predicted molar refractivity (Wildman–Crippen MR) is 100 cm³/mol. The standard InChI is InChI=1S/C19H23N5O3/c1-4-6-12-26-15-10-8-7-9-14(15)17-16(18(25)27-11-5-2)13(3)20-19-21-22-23-24(17)19/h5,7-10,17H,2,4,6,11-12H2,1,3H3,(H,20,21,23). The molecule has 8 heteroatoms. The molecule has 142 valence electrons. The number of anilines is 1. The zero-order valence-electron chi connectivity index (χ0n) is 15.5. The SMILES string of the molecule is C=CCOC(=O)C1=C(C)Nc2nnnn2C1c1ccccc1OCCCC. The van der Waals surface area contributed by atoms with Gasteiger partial charge in [0.15, 0.2) is 0 Å². The lowest BCUT2D eigenvalue weighted by Gasteiger charge is -2.28. The third kappa shape index (κ3) is 3.84. The highest BCUT2D eigenvalue weighted by molar-refractivity contribution is 5.92. The van der Waals surface area contributed by atoms with Crippen molar-refractivity contribution >= 4 is 11.9 Å². The third-order valence-electron chi connectivity index (χ3n) is 4.24. The highest BCUT2D eigenvalue weighted by Crippen LogP contribution is 2.38. The number of hydrogen-bond donors (Lipinski definition) is 1. The molecule has 1 aromatic heterocycles. The number of unbranched alkanes of at least 4 members (excludes halogenated alkanes) is 1. The van der Waals surface area contributed by atoms with Crippen molar-refractivity contribution in [2.75, 3.05) is 18.5 Å². The monoisotopic (exact) mass is 369 g/mol. The number of tetrazole rings is 1. The van der Waals surface area contributed by atoms with Crippen LogP contribution in [0.3, 0.4) is 0 Å². The van der Waals surface area contributed by atoms with E-state index in [1.165, 1.54) is 6.08 Å². The highest BCUT2D eigenvalue weighted by Gasteiger charge is 2.36. The van der Waals surface area contributed by atoms with Crippen LogP contribution in [-0.2, 0) is 9.53 Å². The largest absolute Gasteiger partial charge is 0.493 e. The number of esters is 1. The maximum absolute atomic E-state index is 12.8. The highest BCUT2D eigenvalue weighted by atomic mass is 16.5. The van der Waals surface area contributed by atoms with Crippen LogP contribution in [0, 0.1) is 0 Å². The van der Waals surface area contributed by atoms with Gasteiger partial charge >= 0.3 is 5.97 Å². The van der Waals surface area contributed by atoms with Crippen LogP contribution in [0.5, 0.6) is 5.75 Å². The Labute approximate surface area is 157 Å². The molecule has 27 heavy (non-hydrogen) atoms. The van der Waals surface area contributed by atoms with E-state index < -0.39 is 12.0 Å². The molecule has 0 fully saturated rings. The average molecular weight is 369 g/mol. The van der Waals surface area contributed by atoms with Crippen molar-refractivity contribution in [2.24, 2.45) is 0 Å². The number of para-hydroxylation sites is 1. The van der Waals surface area contributed by atoms with Crippen LogP contribution in [0.25, 0.3) is 0 Å². The Balaban J connectivity index is 2.05. The molecule has 0 saturated heterocycles. The minimum absolute atomic E-state index is 0.124. The molecule has 2 aromatic rings. The van der Waals surface area contributed by atoms with E-state index in [2.05, 4.69) is 34.3 Å². The number of nitrogens with zero attached hydrogens (tertiary/aromatic N) is 4. The second-order valence-electron chi connectivity index (χ2n) is 6.14. The molecule has 2 heterocycles. The van der Waals surface area contributed by atoms with Gasteiger partial charge in [-0.1, -0.05) is 49.3 Å². The van der Waals surface area contributed by atoms with Crippen molar-refractivity contribution in [2.45, 2.75) is 32.7 Å². The summed E-state index contributed by atoms with van der Waals surface area (Å²) in [6.45, 7) is 8.22. The molecule has 0 amide bonds. The van der Waals surface area contributed by atoms with E-state index >= 15 is 0 Å². The number of benzene rings is 1. The summed E-state index contributed by atoms with van der Waals surface area (Å²) in [6.07, 6.45) is 3.51. The molecule has 0 saturated carbocycles. The number of fused-ring (bicyclic) bond motifs is 1. The molecule has 8 nitrogen and oxygen atoms in total. The second-order valence-corrected chi connectivity index (χ2v) is 6.14. The lowest BCUT2D eigenvalue weighted by atomic mass is 9.95. The fourth-order valence-corrected chi connectivity index (χ4v) is 2.94. The molecule has 1 aliphatic rings. The van der Waals surface area contributed by atoms with Gasteiger partial charge < -0.3 is 14.8 Å². The molecular formula is C19H23N5O3. The van der Waals surface area contributed by atoms with Crippen molar-refractivity contribution in [3.63, 3.8) is 0 Å². The Morgan fingerprint density at radius 2 is 2.22 bits per heavy atom. The molecule has 1 atom stereocenters. The first kappa shape index (κ1) is 18.6. The van der Waals surface area contributed by atoms with Gasteiger partial charge in [0.25, 0.3) is 0 Å². The summed E-state index contributed by atoms with van der Waals surface area (Å²) in [6, 6.07) is 7.05. The summed E-state index contributed by atoms with van der Waals surface area (Å²) < 4.78 is 12.8. The van der Waals surface area contributed by atoms with Crippen LogP contribution in [0.1, 0.15) is 38.3 Å². The number of aromatic nitrogens is 4. The van der Waals surface area contributed by atoms with Crippen molar-refractivity contribution < 1.29 is 14.3 Å². The van der Waals surface area contributed by atoms with Crippen LogP contribution in [0.2, 0.25) is 0 Å². The molecular weight excluding hydrogens is 346 g/mol. The van der Waals surface area contributed by atoms with E-state index in [0.29, 0.717) is 29.6 Å². The second kappa shape index (κ2) is 8.48. The van der Waals surface area contributed by atoms with Gasteiger partial charge in [0.2, 0.25) is 5.95 Å². The molecule has 0 bridgehead atoms. The van der Waals surface area contributed by atoms with Crippen molar-refractivity contribution in [1.82, 2.24) is 20.2 Å². The molecule has 1 N–H and O–H groups in total. The average Bonchev–Trinajstić information content (AvgIpc) is 3.13. The number of carbonyl (C=O) groups excluding carboxylic acids is 1. The lowest BCUT2D eigenvalue weighted by Crippen LogP contribution is -2.30. The van der Waals surface area contributed by atoms with Gasteiger partial charge in [0.1, 0.15) is 18.4 Å². The fourth-order valence-electron chi connectivity index (χ4n) is 2.94. The molecule has 0 radical (unpaired) electrons. The Morgan fingerprint density at radius 3 is 3.00 bits per heavy atom. The van der Waals surface area contributed by atoms with Gasteiger partial charge in [-0.05, 0) is 29.8 Å². The van der Waals surface area contributed by atoms with Gasteiger partial charge in [-0.2, -0.15) is 4.68 Å². The number of rotatable bonds is 8. The normalized spacial score (nSPS) is 15.7. The zero-order chi connectivity index (χ0) is 19.2. The van der Waals surface area contributed by atoms with E-state index in [1.54, 1.807) is 11.6 Å². The van der Waals surface area contributed by atoms with Gasteiger partial charge in [0, 0.05) is 11.3 Å². The topological polar surface area (TPSA) is 91.2 Å². The quantitative estimate of drug-likeness (QED) is 0.434. The first-order chi connectivity index (χ1) is 13.2. The zero-order valence-corrected chi connectivity index (χ0v) is 15.5. The first-order valence-corrected chi connectivity index (χ1v) is 8.92. The van der Waals surface area contributed by atoms with E-state index in [1.807, 2.05) is 24.3 Å². The Morgan fingerprint density at radius 1 is 1.41 bits per heavy atom. The van der Waals surface area contributed by atoms with E-state index in [0.717, 1.165) is 18.4 Å². The number of hydrogen-bond acceptors (Lipinski definition) is 7. The van der Waals surface area contributed by atoms with Gasteiger partial charge in [-0.3, -0.25) is 0 Å². The van der Waals surface area contributed by atoms with Crippen LogP contribution < -0.4 is 10.1 Å². The molecule has 3 rings (SSSR count). The summed E-state index contributed by atoms with van der Waals surface area (Å²) in [4.78, 5) is 12.8. The Hall–Kier alpha value is -3.16. The summed E-state index contributed by atoms with van der Waals surface area (Å²) in [5.74, 6) is 0.705. The predicted octanol–water partition coefficient (Wildman–Crippen LogP) is 2.87. The maximum atomic E-state index is 12.8. The van der Waals surface area contributed by atoms with Crippen molar-refractivity contribution in [1.29, 1.82) is 0 Å². The minimum Gasteiger partial charge on any atom is -0.493 e. The Bertz CT molecular complexity index is 859. The van der Waals surface area contributed by atoms with Gasteiger partial charge in [0.05, 0.1) is 12.2 Å². The number of nitrogens with one attached hydrogen (secondary N) is 1. The van der Waals surface area contributed by atoms with Crippen molar-refractivity contribution in [3.8, 4) is 5.75 Å². The molecule has 0 spiro atoms. The van der Waals surface area contributed by atoms with Crippen LogP contribution in [-0.4, -0.2) is 39.4 Å².